The highest BCUT2D eigenvalue weighted by Gasteiger charge is 2.18. The molecule has 0 aromatic rings. The molecule has 0 atom stereocenters. The van der Waals surface area contributed by atoms with Crippen molar-refractivity contribution in [2.45, 2.75) is 13.8 Å². The first-order chi connectivity index (χ1) is 4.09. The van der Waals surface area contributed by atoms with Gasteiger partial charge in [0.1, 0.15) is 24.2 Å². The molecule has 52 valence electrons. The minimum absolute atomic E-state index is 0.398. The summed E-state index contributed by atoms with van der Waals surface area (Å²) in [5.41, 5.74) is 0. The molecule has 0 aromatic carbocycles. The van der Waals surface area contributed by atoms with Crippen molar-refractivity contribution in [3.63, 3.8) is 0 Å². The van der Waals surface area contributed by atoms with Crippen molar-refractivity contribution in [3.8, 4) is 0 Å². The quantitative estimate of drug-likeness (QED) is 0.531. The first-order valence-corrected chi connectivity index (χ1v) is 2.66. The highest BCUT2D eigenvalue weighted by atomic mass is 19.1. The van der Waals surface area contributed by atoms with Crippen LogP contribution in [0.4, 0.5) is 4.39 Å². The Morgan fingerprint density at radius 3 is 1.67 bits per heavy atom. The van der Waals surface area contributed by atoms with Crippen molar-refractivity contribution >= 4 is 11.6 Å². The van der Waals surface area contributed by atoms with Gasteiger partial charge in [0.25, 0.3) is 0 Å². The standard InChI is InChI=1S/C6H9FO2/c1-4(8)6(3-7)5(2)9/h6H,3H2,1-2H3. The maximum atomic E-state index is 11.7. The van der Waals surface area contributed by atoms with Crippen LogP contribution in [0.2, 0.25) is 0 Å². The van der Waals surface area contributed by atoms with Gasteiger partial charge in [-0.2, -0.15) is 0 Å². The van der Waals surface area contributed by atoms with Gasteiger partial charge in [0, 0.05) is 0 Å². The highest BCUT2D eigenvalue weighted by Crippen LogP contribution is 1.99. The first-order valence-electron chi connectivity index (χ1n) is 2.66. The van der Waals surface area contributed by atoms with E-state index >= 15 is 0 Å². The number of Topliss-reactive ketones (excluding diaryl/α,β-unsaturated/α-hetero) is 2. The first kappa shape index (κ1) is 8.27. The van der Waals surface area contributed by atoms with Gasteiger partial charge in [0.15, 0.2) is 0 Å². The van der Waals surface area contributed by atoms with E-state index in [2.05, 4.69) is 0 Å². The lowest BCUT2D eigenvalue weighted by Crippen LogP contribution is -2.20. The fourth-order valence-corrected chi connectivity index (χ4v) is 0.504. The van der Waals surface area contributed by atoms with Crippen molar-refractivity contribution < 1.29 is 14.0 Å². The molecule has 0 aliphatic carbocycles. The van der Waals surface area contributed by atoms with E-state index < -0.39 is 24.2 Å². The molecule has 9 heavy (non-hydrogen) atoms. The molecule has 0 N–H and O–H groups in total. The zero-order chi connectivity index (χ0) is 7.44. The van der Waals surface area contributed by atoms with Crippen molar-refractivity contribution in [1.29, 1.82) is 0 Å². The molecular weight excluding hydrogens is 123 g/mol. The maximum Gasteiger partial charge on any atom is 0.142 e. The third-order valence-electron chi connectivity index (χ3n) is 1.14. The summed E-state index contributed by atoms with van der Waals surface area (Å²) >= 11 is 0. The number of carbonyl (C=O) groups excluding carboxylic acids is 2. The second-order valence-electron chi connectivity index (χ2n) is 1.93. The summed E-state index contributed by atoms with van der Waals surface area (Å²) in [5, 5.41) is 0. The third-order valence-corrected chi connectivity index (χ3v) is 1.14. The minimum Gasteiger partial charge on any atom is -0.299 e. The Morgan fingerprint density at radius 1 is 1.33 bits per heavy atom. The number of halogens is 1. The monoisotopic (exact) mass is 132 g/mol. The fraction of sp³-hybridized carbons (Fsp3) is 0.667. The molecule has 2 nitrogen and oxygen atoms in total. The Labute approximate surface area is 53.1 Å². The Bertz CT molecular complexity index is 117. The molecule has 0 rings (SSSR count). The molecule has 0 aromatic heterocycles. The fourth-order valence-electron chi connectivity index (χ4n) is 0.504. The molecule has 0 aliphatic rings. The van der Waals surface area contributed by atoms with Crippen molar-refractivity contribution in [2.75, 3.05) is 6.67 Å². The Kier molecular flexibility index (Phi) is 3.06. The van der Waals surface area contributed by atoms with Crippen molar-refractivity contribution in [1.82, 2.24) is 0 Å². The van der Waals surface area contributed by atoms with E-state index in [0.717, 1.165) is 0 Å². The summed E-state index contributed by atoms with van der Waals surface area (Å²) in [5.74, 6) is -1.82. The summed E-state index contributed by atoms with van der Waals surface area (Å²) in [6, 6.07) is 0. The molecule has 0 heterocycles. The molecule has 0 saturated heterocycles. The van der Waals surface area contributed by atoms with Gasteiger partial charge >= 0.3 is 0 Å². The van der Waals surface area contributed by atoms with Crippen LogP contribution in [0.1, 0.15) is 13.8 Å². The second-order valence-corrected chi connectivity index (χ2v) is 1.93. The van der Waals surface area contributed by atoms with Crippen LogP contribution in [-0.2, 0) is 9.59 Å². The average Bonchev–Trinajstić information content (AvgIpc) is 1.64. The van der Waals surface area contributed by atoms with Gasteiger partial charge < -0.3 is 0 Å². The number of ketones is 2. The van der Waals surface area contributed by atoms with Gasteiger partial charge in [-0.15, -0.1) is 0 Å². The lowest BCUT2D eigenvalue weighted by atomic mass is 10.0. The smallest absolute Gasteiger partial charge is 0.142 e. The van der Waals surface area contributed by atoms with E-state index in [0.29, 0.717) is 0 Å². The summed E-state index contributed by atoms with van der Waals surface area (Å²) in [6.07, 6.45) is 0. The molecule has 0 bridgehead atoms. The van der Waals surface area contributed by atoms with Crippen molar-refractivity contribution in [2.24, 2.45) is 5.92 Å². The SMILES string of the molecule is CC(=O)C(CF)C(C)=O. The highest BCUT2D eigenvalue weighted by molar-refractivity contribution is 6.00. The molecule has 0 spiro atoms. The van der Waals surface area contributed by atoms with Crippen LogP contribution >= 0.6 is 0 Å². The molecule has 0 aliphatic heterocycles. The van der Waals surface area contributed by atoms with Gasteiger partial charge in [0.2, 0.25) is 0 Å². The molecule has 3 heteroatoms. The Balaban J connectivity index is 3.99. The predicted octanol–water partition coefficient (Wildman–Crippen LogP) is 0.750. The van der Waals surface area contributed by atoms with Gasteiger partial charge in [-0.1, -0.05) is 0 Å². The summed E-state index contributed by atoms with van der Waals surface area (Å²) in [6.45, 7) is 1.56. The van der Waals surface area contributed by atoms with Crippen LogP contribution < -0.4 is 0 Å². The van der Waals surface area contributed by atoms with Crippen LogP contribution in [0.3, 0.4) is 0 Å². The van der Waals surface area contributed by atoms with Gasteiger partial charge in [-0.25, -0.2) is 4.39 Å². The van der Waals surface area contributed by atoms with Crippen LogP contribution in [0.25, 0.3) is 0 Å². The van der Waals surface area contributed by atoms with Crippen molar-refractivity contribution in [3.05, 3.63) is 0 Å². The van der Waals surface area contributed by atoms with E-state index in [1.807, 2.05) is 0 Å². The van der Waals surface area contributed by atoms with Gasteiger partial charge in [0.05, 0.1) is 0 Å². The van der Waals surface area contributed by atoms with Crippen LogP contribution in [0.5, 0.6) is 0 Å². The van der Waals surface area contributed by atoms with E-state index in [-0.39, 0.29) is 0 Å². The van der Waals surface area contributed by atoms with Crippen LogP contribution in [-0.4, -0.2) is 18.2 Å². The van der Waals surface area contributed by atoms with Gasteiger partial charge in [-0.05, 0) is 13.8 Å². The zero-order valence-electron chi connectivity index (χ0n) is 5.48. The number of rotatable bonds is 3. The number of carbonyl (C=O) groups is 2. The Morgan fingerprint density at radius 2 is 1.67 bits per heavy atom. The largest absolute Gasteiger partial charge is 0.299 e. The molecule has 0 radical (unpaired) electrons. The van der Waals surface area contributed by atoms with Gasteiger partial charge in [-0.3, -0.25) is 9.59 Å². The van der Waals surface area contributed by atoms with Crippen LogP contribution in [0, 0.1) is 5.92 Å². The Hall–Kier alpha value is -0.730. The van der Waals surface area contributed by atoms with Crippen LogP contribution in [0.15, 0.2) is 0 Å². The molecule has 0 amide bonds. The summed E-state index contributed by atoms with van der Waals surface area (Å²) < 4.78 is 11.7. The maximum absolute atomic E-state index is 11.7. The number of hydrogen-bond donors (Lipinski definition) is 0. The van der Waals surface area contributed by atoms with E-state index in [4.69, 9.17) is 0 Å². The molecule has 0 unspecified atom stereocenters. The number of alkyl halides is 1. The lowest BCUT2D eigenvalue weighted by molar-refractivity contribution is -0.130. The zero-order valence-corrected chi connectivity index (χ0v) is 5.48. The van der Waals surface area contributed by atoms with E-state index in [9.17, 15) is 14.0 Å². The van der Waals surface area contributed by atoms with E-state index in [1.165, 1.54) is 13.8 Å². The average molecular weight is 132 g/mol. The predicted molar refractivity (Wildman–Crippen MR) is 30.8 cm³/mol. The second kappa shape index (κ2) is 3.33. The minimum atomic E-state index is -1.02. The molecular formula is C6H9FO2. The summed E-state index contributed by atoms with van der Waals surface area (Å²) in [7, 11) is 0. The summed E-state index contributed by atoms with van der Waals surface area (Å²) in [4.78, 5) is 20.7. The topological polar surface area (TPSA) is 34.1 Å². The van der Waals surface area contributed by atoms with E-state index in [1.54, 1.807) is 0 Å². The molecule has 0 saturated carbocycles. The molecule has 0 fully saturated rings. The lowest BCUT2D eigenvalue weighted by Gasteiger charge is -2.01. The normalized spacial score (nSPS) is 9.78. The third kappa shape index (κ3) is 2.35. The number of hydrogen-bond acceptors (Lipinski definition) is 2.